The van der Waals surface area contributed by atoms with E-state index in [1.165, 1.54) is 5.56 Å². The molecule has 1 aliphatic heterocycles. The molecule has 6 heteroatoms. The average molecular weight is 356 g/mol. The van der Waals surface area contributed by atoms with Crippen LogP contribution < -0.4 is 10.6 Å². The molecule has 3 rings (SSSR count). The fourth-order valence-corrected chi connectivity index (χ4v) is 3.16. The lowest BCUT2D eigenvalue weighted by molar-refractivity contribution is 0.0915. The molecule has 0 bridgehead atoms. The van der Waals surface area contributed by atoms with Crippen LogP contribution in [0.15, 0.2) is 45.9 Å². The fourth-order valence-electron chi connectivity index (χ4n) is 3.16. The highest BCUT2D eigenvalue weighted by Gasteiger charge is 2.29. The second-order valence-electron chi connectivity index (χ2n) is 6.93. The Labute approximate surface area is 155 Å². The first-order valence-corrected chi connectivity index (χ1v) is 9.24. The Kier molecular flexibility index (Phi) is 6.28. The summed E-state index contributed by atoms with van der Waals surface area (Å²) in [5, 5.41) is 10.8. The van der Waals surface area contributed by atoms with Gasteiger partial charge in [0, 0.05) is 32.2 Å². The Balaban J connectivity index is 1.50. The molecule has 1 aromatic heterocycles. The van der Waals surface area contributed by atoms with Crippen LogP contribution in [0.3, 0.4) is 0 Å². The smallest absolute Gasteiger partial charge is 0.191 e. The minimum atomic E-state index is 0.143. The zero-order valence-corrected chi connectivity index (χ0v) is 15.7. The molecule has 140 valence electrons. The number of hydrogen-bond donors (Lipinski definition) is 2. The molecule has 1 aliphatic rings. The third-order valence-electron chi connectivity index (χ3n) is 4.70. The maximum atomic E-state index is 5.95. The van der Waals surface area contributed by atoms with Crippen LogP contribution >= 0.6 is 0 Å². The normalized spacial score (nSPS) is 20.5. The van der Waals surface area contributed by atoms with E-state index in [0.29, 0.717) is 18.4 Å². The lowest BCUT2D eigenvalue weighted by atomic mass is 9.95. The van der Waals surface area contributed by atoms with Crippen LogP contribution in [0.1, 0.15) is 49.3 Å². The van der Waals surface area contributed by atoms with Gasteiger partial charge < -0.3 is 19.9 Å². The number of nitrogens with one attached hydrogen (secondary N) is 2. The van der Waals surface area contributed by atoms with Gasteiger partial charge in [-0.15, -0.1) is 0 Å². The lowest BCUT2D eigenvalue weighted by Crippen LogP contribution is -2.39. The molecule has 0 aliphatic carbocycles. The van der Waals surface area contributed by atoms with E-state index < -0.39 is 0 Å². The number of nitrogens with zero attached hydrogens (tertiary/aromatic N) is 2. The summed E-state index contributed by atoms with van der Waals surface area (Å²) in [6.45, 7) is 6.37. The van der Waals surface area contributed by atoms with Crippen LogP contribution in [-0.4, -0.2) is 31.3 Å². The third-order valence-corrected chi connectivity index (χ3v) is 4.70. The Morgan fingerprint density at radius 2 is 2.08 bits per heavy atom. The van der Waals surface area contributed by atoms with Gasteiger partial charge in [0.2, 0.25) is 0 Å². The molecule has 26 heavy (non-hydrogen) atoms. The molecular formula is C20H28N4O2. The van der Waals surface area contributed by atoms with Crippen molar-refractivity contribution in [1.29, 1.82) is 0 Å². The average Bonchev–Trinajstić information content (AvgIpc) is 3.32. The standard InChI is InChI=1S/C20H28N4O2/c1-14(2)18-11-17(26-24-18)13-23-20(21-3)22-12-16-9-10-25-19(16)15-7-5-4-6-8-15/h4-8,11,14,16,19H,9-10,12-13H2,1-3H3,(H2,21,22,23). The Morgan fingerprint density at radius 3 is 2.77 bits per heavy atom. The van der Waals surface area contributed by atoms with E-state index >= 15 is 0 Å². The summed E-state index contributed by atoms with van der Waals surface area (Å²) in [5.74, 6) is 2.35. The molecular weight excluding hydrogens is 328 g/mol. The lowest BCUT2D eigenvalue weighted by Gasteiger charge is -2.20. The molecule has 2 unspecified atom stereocenters. The van der Waals surface area contributed by atoms with Crippen molar-refractivity contribution >= 4 is 5.96 Å². The van der Waals surface area contributed by atoms with Gasteiger partial charge in [0.15, 0.2) is 11.7 Å². The first kappa shape index (κ1) is 18.5. The summed E-state index contributed by atoms with van der Waals surface area (Å²) in [6.07, 6.45) is 1.19. The van der Waals surface area contributed by atoms with Crippen LogP contribution in [0.2, 0.25) is 0 Å². The van der Waals surface area contributed by atoms with Gasteiger partial charge in [-0.2, -0.15) is 0 Å². The van der Waals surface area contributed by atoms with Crippen molar-refractivity contribution in [3.63, 3.8) is 0 Å². The van der Waals surface area contributed by atoms with Crippen molar-refractivity contribution < 1.29 is 9.26 Å². The van der Waals surface area contributed by atoms with E-state index in [9.17, 15) is 0 Å². The molecule has 0 spiro atoms. The van der Waals surface area contributed by atoms with Crippen molar-refractivity contribution in [2.24, 2.45) is 10.9 Å². The molecule has 6 nitrogen and oxygen atoms in total. The van der Waals surface area contributed by atoms with Gasteiger partial charge >= 0.3 is 0 Å². The number of guanidine groups is 1. The quantitative estimate of drug-likeness (QED) is 0.614. The number of benzene rings is 1. The first-order chi connectivity index (χ1) is 12.7. The van der Waals surface area contributed by atoms with Gasteiger partial charge in [0.1, 0.15) is 0 Å². The molecule has 2 heterocycles. The minimum Gasteiger partial charge on any atom is -0.373 e. The molecule has 1 fully saturated rings. The summed E-state index contributed by atoms with van der Waals surface area (Å²) in [7, 11) is 1.77. The summed E-state index contributed by atoms with van der Waals surface area (Å²) < 4.78 is 11.3. The van der Waals surface area contributed by atoms with Crippen LogP contribution in [0.4, 0.5) is 0 Å². The fraction of sp³-hybridized carbons (Fsp3) is 0.500. The Morgan fingerprint density at radius 1 is 1.27 bits per heavy atom. The van der Waals surface area contributed by atoms with Gasteiger partial charge in [-0.25, -0.2) is 0 Å². The van der Waals surface area contributed by atoms with Crippen molar-refractivity contribution in [2.45, 2.75) is 38.8 Å². The zero-order valence-electron chi connectivity index (χ0n) is 15.7. The molecule has 0 radical (unpaired) electrons. The summed E-state index contributed by atoms with van der Waals surface area (Å²) in [4.78, 5) is 4.30. The highest BCUT2D eigenvalue weighted by Crippen LogP contribution is 2.33. The van der Waals surface area contributed by atoms with Gasteiger partial charge in [-0.05, 0) is 17.9 Å². The summed E-state index contributed by atoms with van der Waals surface area (Å²) >= 11 is 0. The van der Waals surface area contributed by atoms with E-state index in [4.69, 9.17) is 9.26 Å². The van der Waals surface area contributed by atoms with E-state index in [-0.39, 0.29) is 6.10 Å². The van der Waals surface area contributed by atoms with Crippen molar-refractivity contribution in [1.82, 2.24) is 15.8 Å². The van der Waals surface area contributed by atoms with E-state index in [1.807, 2.05) is 12.1 Å². The van der Waals surface area contributed by atoms with Crippen molar-refractivity contribution in [3.05, 3.63) is 53.4 Å². The molecule has 2 aromatic rings. The van der Waals surface area contributed by atoms with Gasteiger partial charge in [-0.3, -0.25) is 4.99 Å². The van der Waals surface area contributed by atoms with Gasteiger partial charge in [0.25, 0.3) is 0 Å². The second-order valence-corrected chi connectivity index (χ2v) is 6.93. The molecule has 2 N–H and O–H groups in total. The highest BCUT2D eigenvalue weighted by atomic mass is 16.5. The molecule has 0 amide bonds. The van der Waals surface area contributed by atoms with E-state index in [0.717, 1.165) is 37.0 Å². The van der Waals surface area contributed by atoms with E-state index in [1.54, 1.807) is 7.05 Å². The molecule has 1 saturated heterocycles. The first-order valence-electron chi connectivity index (χ1n) is 9.24. The SMILES string of the molecule is CN=C(NCc1cc(C(C)C)no1)NCC1CCOC1c1ccccc1. The highest BCUT2D eigenvalue weighted by molar-refractivity contribution is 5.79. The molecule has 0 saturated carbocycles. The number of aliphatic imine (C=N–C) groups is 1. The van der Waals surface area contributed by atoms with Gasteiger partial charge in [-0.1, -0.05) is 49.3 Å². The van der Waals surface area contributed by atoms with Crippen LogP contribution in [0, 0.1) is 5.92 Å². The monoisotopic (exact) mass is 356 g/mol. The number of rotatable bonds is 6. The van der Waals surface area contributed by atoms with Crippen LogP contribution in [0.5, 0.6) is 0 Å². The number of aromatic nitrogens is 1. The van der Waals surface area contributed by atoms with Crippen molar-refractivity contribution in [3.8, 4) is 0 Å². The summed E-state index contributed by atoms with van der Waals surface area (Å²) in [6, 6.07) is 12.4. The minimum absolute atomic E-state index is 0.143. The van der Waals surface area contributed by atoms with Crippen molar-refractivity contribution in [2.75, 3.05) is 20.2 Å². The maximum Gasteiger partial charge on any atom is 0.191 e. The third kappa shape index (κ3) is 4.64. The predicted molar refractivity (Wildman–Crippen MR) is 102 cm³/mol. The van der Waals surface area contributed by atoms with E-state index in [2.05, 4.69) is 58.9 Å². The number of hydrogen-bond acceptors (Lipinski definition) is 4. The van der Waals surface area contributed by atoms with Crippen LogP contribution in [-0.2, 0) is 11.3 Å². The number of ether oxygens (including phenoxy) is 1. The Bertz CT molecular complexity index is 712. The molecule has 1 aromatic carbocycles. The Hall–Kier alpha value is -2.34. The molecule has 2 atom stereocenters. The van der Waals surface area contributed by atoms with Gasteiger partial charge in [0.05, 0.1) is 18.3 Å². The van der Waals surface area contributed by atoms with Crippen LogP contribution in [0.25, 0.3) is 0 Å². The summed E-state index contributed by atoms with van der Waals surface area (Å²) in [5.41, 5.74) is 2.21. The maximum absolute atomic E-state index is 5.95. The topological polar surface area (TPSA) is 71.7 Å². The second kappa shape index (κ2) is 8.85. The largest absolute Gasteiger partial charge is 0.373 e. The zero-order chi connectivity index (χ0) is 18.4. The predicted octanol–water partition coefficient (Wildman–Crippen LogP) is 3.24.